The normalized spacial score (nSPS) is 11.1. The minimum atomic E-state index is 0.187. The third-order valence-electron chi connectivity index (χ3n) is 4.57. The number of aryl methyl sites for hydroxylation is 3. The lowest BCUT2D eigenvalue weighted by Crippen LogP contribution is -2.27. The van der Waals surface area contributed by atoms with Crippen LogP contribution in [0, 0.1) is 18.3 Å². The summed E-state index contributed by atoms with van der Waals surface area (Å²) in [5.74, 6) is 0. The van der Waals surface area contributed by atoms with Crippen LogP contribution in [0.3, 0.4) is 0 Å². The summed E-state index contributed by atoms with van der Waals surface area (Å²) in [7, 11) is 3.63. The Bertz CT molecular complexity index is 1110. The highest BCUT2D eigenvalue weighted by Crippen LogP contribution is 2.27. The fraction of sp³-hybridized carbons (Fsp3) is 0.250. The molecule has 8 heteroatoms. The minimum Gasteiger partial charge on any atom is -0.375 e. The van der Waals surface area contributed by atoms with Gasteiger partial charge in [0.05, 0.1) is 41.7 Å². The fourth-order valence-electron chi connectivity index (χ4n) is 2.96. The van der Waals surface area contributed by atoms with Crippen molar-refractivity contribution in [3.63, 3.8) is 0 Å². The number of imidazole rings is 1. The molecule has 7 nitrogen and oxygen atoms in total. The third kappa shape index (κ3) is 4.00. The topological polar surface area (TPSA) is 96.1 Å². The molecule has 0 atom stereocenters. The van der Waals surface area contributed by atoms with Gasteiger partial charge in [0, 0.05) is 31.5 Å². The second-order valence-electron chi connectivity index (χ2n) is 6.55. The molecule has 2 N–H and O–H groups in total. The molecule has 0 bridgehead atoms. The zero-order valence-electron chi connectivity index (χ0n) is 16.0. The number of hydrogen-bond donors (Lipinski definition) is 1. The van der Waals surface area contributed by atoms with Crippen LogP contribution in [-0.4, -0.2) is 37.9 Å². The number of nitriles is 1. The van der Waals surface area contributed by atoms with Crippen molar-refractivity contribution in [1.29, 1.82) is 5.26 Å². The highest BCUT2D eigenvalue weighted by Gasteiger charge is 2.12. The quantitative estimate of drug-likeness (QED) is 0.408. The largest absolute Gasteiger partial charge is 0.375 e. The molecule has 0 amide bonds. The summed E-state index contributed by atoms with van der Waals surface area (Å²) in [6, 6.07) is 8.32. The van der Waals surface area contributed by atoms with Gasteiger partial charge in [0.25, 0.3) is 0 Å². The molecule has 0 unspecified atom stereocenters. The number of nitrogens with zero attached hydrogens (tertiary/aromatic N) is 6. The van der Waals surface area contributed by atoms with Gasteiger partial charge in [0.1, 0.15) is 0 Å². The summed E-state index contributed by atoms with van der Waals surface area (Å²) in [6.07, 6.45) is 6.42. The molecule has 3 aromatic rings. The van der Waals surface area contributed by atoms with Crippen molar-refractivity contribution in [1.82, 2.24) is 19.5 Å². The van der Waals surface area contributed by atoms with Crippen LogP contribution in [0.25, 0.3) is 22.3 Å². The molecule has 3 rings (SSSR count). The first-order valence-electron chi connectivity index (χ1n) is 8.75. The first-order valence-corrected chi connectivity index (χ1v) is 9.16. The van der Waals surface area contributed by atoms with E-state index >= 15 is 0 Å². The molecule has 0 radical (unpaired) electrons. The van der Waals surface area contributed by atoms with E-state index in [2.05, 4.69) is 28.3 Å². The van der Waals surface area contributed by atoms with E-state index < -0.39 is 0 Å². The molecule has 0 fully saturated rings. The van der Waals surface area contributed by atoms with E-state index in [4.69, 9.17) is 28.2 Å². The third-order valence-corrected chi connectivity index (χ3v) is 4.84. The van der Waals surface area contributed by atoms with Crippen LogP contribution in [0.15, 0.2) is 35.8 Å². The molecule has 2 heterocycles. The van der Waals surface area contributed by atoms with Crippen LogP contribution < -0.4 is 5.73 Å². The minimum absolute atomic E-state index is 0.187. The highest BCUT2D eigenvalue weighted by molar-refractivity contribution is 7.80. The van der Waals surface area contributed by atoms with E-state index in [0.717, 1.165) is 39.0 Å². The van der Waals surface area contributed by atoms with Crippen LogP contribution in [0.1, 0.15) is 23.1 Å². The van der Waals surface area contributed by atoms with Crippen LogP contribution in [-0.2, 0) is 13.5 Å². The van der Waals surface area contributed by atoms with Crippen molar-refractivity contribution in [3.8, 4) is 17.5 Å². The van der Waals surface area contributed by atoms with Gasteiger partial charge in [-0.25, -0.2) is 15.0 Å². The molecule has 0 saturated heterocycles. The molecule has 0 spiro atoms. The maximum Gasteiger partial charge on any atom is 0.186 e. The molecule has 0 saturated carbocycles. The van der Waals surface area contributed by atoms with Gasteiger partial charge < -0.3 is 10.3 Å². The molecule has 0 aliphatic carbocycles. The monoisotopic (exact) mass is 391 g/mol. The molecule has 0 aliphatic rings. The maximum absolute atomic E-state index is 8.93. The van der Waals surface area contributed by atoms with Crippen molar-refractivity contribution in [2.75, 3.05) is 7.05 Å². The zero-order valence-corrected chi connectivity index (χ0v) is 16.9. The van der Waals surface area contributed by atoms with Crippen molar-refractivity contribution in [3.05, 3.63) is 47.4 Å². The van der Waals surface area contributed by atoms with Gasteiger partial charge in [-0.15, -0.1) is 0 Å². The Morgan fingerprint density at radius 1 is 1.43 bits per heavy atom. The smallest absolute Gasteiger partial charge is 0.186 e. The summed E-state index contributed by atoms with van der Waals surface area (Å²) >= 11 is 4.96. The van der Waals surface area contributed by atoms with Crippen LogP contribution in [0.5, 0.6) is 0 Å². The lowest BCUT2D eigenvalue weighted by Gasteiger charge is -2.13. The van der Waals surface area contributed by atoms with Gasteiger partial charge in [-0.3, -0.25) is 0 Å². The number of rotatable bonds is 5. The summed E-state index contributed by atoms with van der Waals surface area (Å²) in [5, 5.41) is 15.9. The lowest BCUT2D eigenvalue weighted by atomic mass is 9.98. The van der Waals surface area contributed by atoms with E-state index in [0.29, 0.717) is 12.8 Å². The van der Waals surface area contributed by atoms with Crippen LogP contribution >= 0.6 is 12.2 Å². The average molecular weight is 392 g/mol. The standard InChI is InChI=1S/C20H21N7S/c1-13-7-17-16(8-14(13)5-4-6-21)15(10-24-27(3)20(22)28)9-18(25-17)19-11-23-12-26(19)2/h7-12H,4-5H2,1-3H3,(H2,22,28)/b24-10+. The second kappa shape index (κ2) is 8.15. The molecule has 142 valence electrons. The van der Waals surface area contributed by atoms with E-state index in [1.165, 1.54) is 5.01 Å². The van der Waals surface area contributed by atoms with Crippen LogP contribution in [0.2, 0.25) is 0 Å². The second-order valence-corrected chi connectivity index (χ2v) is 6.97. The van der Waals surface area contributed by atoms with Crippen molar-refractivity contribution >= 4 is 34.4 Å². The molecule has 2 aromatic heterocycles. The van der Waals surface area contributed by atoms with Crippen LogP contribution in [0.4, 0.5) is 0 Å². The van der Waals surface area contributed by atoms with Gasteiger partial charge in [-0.05, 0) is 54.9 Å². The Morgan fingerprint density at radius 2 is 2.21 bits per heavy atom. The summed E-state index contributed by atoms with van der Waals surface area (Å²) < 4.78 is 1.92. The predicted octanol–water partition coefficient (Wildman–Crippen LogP) is 2.91. The lowest BCUT2D eigenvalue weighted by molar-refractivity contribution is 0.552. The van der Waals surface area contributed by atoms with E-state index in [-0.39, 0.29) is 5.11 Å². The van der Waals surface area contributed by atoms with Gasteiger partial charge in [0.2, 0.25) is 0 Å². The number of pyridine rings is 1. The SMILES string of the molecule is Cc1cc2nc(-c3cncn3C)cc(/C=N/N(C)C(N)=S)c2cc1CCC#N. The van der Waals surface area contributed by atoms with Crippen molar-refractivity contribution in [2.45, 2.75) is 19.8 Å². The number of thiocarbonyl (C=S) groups is 1. The Labute approximate surface area is 169 Å². The Balaban J connectivity index is 2.20. The van der Waals surface area contributed by atoms with Crippen molar-refractivity contribution < 1.29 is 0 Å². The predicted molar refractivity (Wildman–Crippen MR) is 115 cm³/mol. The first-order chi connectivity index (χ1) is 13.4. The van der Waals surface area contributed by atoms with Crippen molar-refractivity contribution in [2.24, 2.45) is 17.9 Å². The summed E-state index contributed by atoms with van der Waals surface area (Å²) in [4.78, 5) is 9.02. The van der Waals surface area contributed by atoms with Gasteiger partial charge in [0.15, 0.2) is 5.11 Å². The van der Waals surface area contributed by atoms with E-state index in [1.807, 2.05) is 24.6 Å². The first kappa shape index (κ1) is 19.5. The highest BCUT2D eigenvalue weighted by atomic mass is 32.1. The zero-order chi connectivity index (χ0) is 20.3. The molecule has 1 aromatic carbocycles. The van der Waals surface area contributed by atoms with Gasteiger partial charge >= 0.3 is 0 Å². The molecule has 0 aliphatic heterocycles. The Morgan fingerprint density at radius 3 is 2.86 bits per heavy atom. The Hall–Kier alpha value is -3.31. The molecular formula is C20H21N7S. The fourth-order valence-corrected chi connectivity index (χ4v) is 3.00. The van der Waals surface area contributed by atoms with E-state index in [1.54, 1.807) is 25.8 Å². The Kier molecular flexibility index (Phi) is 5.66. The number of nitrogens with two attached hydrogens (primary N) is 1. The number of hydrogen-bond acceptors (Lipinski definition) is 5. The summed E-state index contributed by atoms with van der Waals surface area (Å²) in [6.45, 7) is 2.04. The molecular weight excluding hydrogens is 370 g/mol. The maximum atomic E-state index is 8.93. The average Bonchev–Trinajstić information content (AvgIpc) is 3.09. The number of hydrazone groups is 1. The van der Waals surface area contributed by atoms with Gasteiger partial charge in [-0.2, -0.15) is 10.4 Å². The summed E-state index contributed by atoms with van der Waals surface area (Å²) in [5.41, 5.74) is 11.3. The number of aromatic nitrogens is 3. The van der Waals surface area contributed by atoms with E-state index in [9.17, 15) is 0 Å². The number of fused-ring (bicyclic) bond motifs is 1. The molecule has 28 heavy (non-hydrogen) atoms. The van der Waals surface area contributed by atoms with Gasteiger partial charge in [-0.1, -0.05) is 0 Å². The number of benzene rings is 1.